The van der Waals surface area contributed by atoms with Crippen LogP contribution in [-0.4, -0.2) is 25.9 Å². The zero-order valence-electron chi connectivity index (χ0n) is 19.7. The standard InChI is InChI=1S/C26H24ClN3O5/c1-14-8-19-23(22(18(12-28)25(29)35-19)16-6-5-7-17(27)11-16)26(31)30(14)13-15-9-20(32-2)24(34-4)21(10-15)33-3/h5-11,22H,13,29H2,1-4H3/t22-/m1/s1. The molecule has 1 aliphatic heterocycles. The third-order valence-corrected chi connectivity index (χ3v) is 6.17. The van der Waals surface area contributed by atoms with Crippen molar-refractivity contribution in [1.29, 1.82) is 5.26 Å². The average molecular weight is 494 g/mol. The molecule has 180 valence electrons. The highest BCUT2D eigenvalue weighted by Crippen LogP contribution is 2.42. The van der Waals surface area contributed by atoms with E-state index in [0.717, 1.165) is 5.56 Å². The number of aryl methyl sites for hydroxylation is 1. The SMILES string of the molecule is COc1cc(Cn2c(C)cc3c(c2=O)[C@H](c2cccc(Cl)c2)C(C#N)=C(N)O3)cc(OC)c1OC. The van der Waals surface area contributed by atoms with Crippen LogP contribution in [0.4, 0.5) is 0 Å². The van der Waals surface area contributed by atoms with Gasteiger partial charge >= 0.3 is 0 Å². The Hall–Kier alpha value is -4.09. The molecule has 0 unspecified atom stereocenters. The number of rotatable bonds is 6. The number of nitrogens with zero attached hydrogens (tertiary/aromatic N) is 2. The van der Waals surface area contributed by atoms with Crippen molar-refractivity contribution >= 4 is 11.6 Å². The fourth-order valence-electron chi connectivity index (χ4n) is 4.31. The number of methoxy groups -OCH3 is 3. The van der Waals surface area contributed by atoms with Crippen molar-refractivity contribution < 1.29 is 18.9 Å². The third-order valence-electron chi connectivity index (χ3n) is 5.94. The lowest BCUT2D eigenvalue weighted by molar-refractivity contribution is 0.323. The number of hydrogen-bond acceptors (Lipinski definition) is 7. The summed E-state index contributed by atoms with van der Waals surface area (Å²) in [6.45, 7) is 2.02. The largest absolute Gasteiger partial charge is 0.493 e. The van der Waals surface area contributed by atoms with E-state index in [4.69, 9.17) is 36.3 Å². The molecule has 0 radical (unpaired) electrons. The van der Waals surface area contributed by atoms with Gasteiger partial charge in [0.2, 0.25) is 11.6 Å². The maximum Gasteiger partial charge on any atom is 0.259 e. The van der Waals surface area contributed by atoms with Gasteiger partial charge in [0.25, 0.3) is 5.56 Å². The number of benzene rings is 2. The molecule has 0 amide bonds. The summed E-state index contributed by atoms with van der Waals surface area (Å²) in [5, 5.41) is 10.3. The minimum atomic E-state index is -0.721. The fraction of sp³-hybridized carbons (Fsp3) is 0.231. The molecule has 9 heteroatoms. The predicted octanol–water partition coefficient (Wildman–Crippen LogP) is 4.10. The zero-order valence-corrected chi connectivity index (χ0v) is 20.5. The highest BCUT2D eigenvalue weighted by atomic mass is 35.5. The Labute approximate surface area is 207 Å². The molecule has 0 bridgehead atoms. The van der Waals surface area contributed by atoms with Gasteiger partial charge in [0.1, 0.15) is 17.4 Å². The lowest BCUT2D eigenvalue weighted by Crippen LogP contribution is -2.33. The quantitative estimate of drug-likeness (QED) is 0.550. The van der Waals surface area contributed by atoms with Crippen LogP contribution >= 0.6 is 11.6 Å². The summed E-state index contributed by atoms with van der Waals surface area (Å²) in [6, 6.07) is 14.4. The van der Waals surface area contributed by atoms with E-state index >= 15 is 0 Å². The molecular formula is C26H24ClN3O5. The first-order valence-corrected chi connectivity index (χ1v) is 11.1. The van der Waals surface area contributed by atoms with Crippen molar-refractivity contribution in [3.8, 4) is 29.1 Å². The average Bonchev–Trinajstić information content (AvgIpc) is 2.85. The topological polar surface area (TPSA) is 109 Å². The molecule has 1 aliphatic rings. The number of hydrogen-bond donors (Lipinski definition) is 1. The number of allylic oxidation sites excluding steroid dienone is 1. The third kappa shape index (κ3) is 4.27. The van der Waals surface area contributed by atoms with Crippen LogP contribution in [-0.2, 0) is 6.54 Å². The summed E-state index contributed by atoms with van der Waals surface area (Å²) in [5.74, 6) is 0.978. The van der Waals surface area contributed by atoms with Crippen LogP contribution in [0, 0.1) is 18.3 Å². The molecule has 35 heavy (non-hydrogen) atoms. The first kappa shape index (κ1) is 24.0. The van der Waals surface area contributed by atoms with Crippen LogP contribution in [0.25, 0.3) is 0 Å². The van der Waals surface area contributed by atoms with Gasteiger partial charge in [-0.2, -0.15) is 5.26 Å². The maximum absolute atomic E-state index is 13.9. The number of aromatic nitrogens is 1. The smallest absolute Gasteiger partial charge is 0.259 e. The second-order valence-electron chi connectivity index (χ2n) is 7.97. The van der Waals surface area contributed by atoms with Crippen molar-refractivity contribution in [2.75, 3.05) is 21.3 Å². The zero-order chi connectivity index (χ0) is 25.3. The Kier molecular flexibility index (Phi) is 6.63. The molecule has 0 fully saturated rings. The van der Waals surface area contributed by atoms with E-state index in [0.29, 0.717) is 44.8 Å². The number of pyridine rings is 1. The first-order chi connectivity index (χ1) is 16.8. The van der Waals surface area contributed by atoms with Crippen molar-refractivity contribution in [3.63, 3.8) is 0 Å². The Balaban J connectivity index is 1.90. The van der Waals surface area contributed by atoms with Gasteiger partial charge in [0.05, 0.1) is 39.4 Å². The van der Waals surface area contributed by atoms with E-state index in [1.807, 2.05) is 0 Å². The molecule has 3 aromatic rings. The van der Waals surface area contributed by atoms with E-state index in [1.54, 1.807) is 54.0 Å². The number of fused-ring (bicyclic) bond motifs is 1. The molecule has 2 N–H and O–H groups in total. The first-order valence-electron chi connectivity index (χ1n) is 10.7. The maximum atomic E-state index is 13.9. The Morgan fingerprint density at radius 1 is 1.11 bits per heavy atom. The Bertz CT molecular complexity index is 1410. The van der Waals surface area contributed by atoms with E-state index in [-0.39, 0.29) is 23.6 Å². The second kappa shape index (κ2) is 9.65. The summed E-state index contributed by atoms with van der Waals surface area (Å²) >= 11 is 6.23. The van der Waals surface area contributed by atoms with Crippen LogP contribution in [0.5, 0.6) is 23.0 Å². The minimum absolute atomic E-state index is 0.0360. The van der Waals surface area contributed by atoms with Gasteiger partial charge in [0.15, 0.2) is 11.5 Å². The summed E-state index contributed by atoms with van der Waals surface area (Å²) in [4.78, 5) is 13.9. The second-order valence-corrected chi connectivity index (χ2v) is 8.40. The number of nitriles is 1. The van der Waals surface area contributed by atoms with Crippen molar-refractivity contribution in [1.82, 2.24) is 4.57 Å². The van der Waals surface area contributed by atoms with Crippen LogP contribution in [0.1, 0.15) is 28.3 Å². The molecule has 0 spiro atoms. The minimum Gasteiger partial charge on any atom is -0.493 e. The summed E-state index contributed by atoms with van der Waals surface area (Å²) in [7, 11) is 4.59. The lowest BCUT2D eigenvalue weighted by Gasteiger charge is -2.27. The van der Waals surface area contributed by atoms with Gasteiger partial charge in [-0.1, -0.05) is 23.7 Å². The van der Waals surface area contributed by atoms with Gasteiger partial charge < -0.3 is 29.2 Å². The predicted molar refractivity (Wildman–Crippen MR) is 131 cm³/mol. The van der Waals surface area contributed by atoms with Gasteiger partial charge in [-0.25, -0.2) is 0 Å². The molecule has 0 saturated heterocycles. The van der Waals surface area contributed by atoms with Crippen molar-refractivity contribution in [2.24, 2.45) is 5.73 Å². The molecule has 2 aromatic carbocycles. The lowest BCUT2D eigenvalue weighted by atomic mass is 9.84. The monoisotopic (exact) mass is 493 g/mol. The Morgan fingerprint density at radius 3 is 2.37 bits per heavy atom. The summed E-state index contributed by atoms with van der Waals surface area (Å²) in [5.41, 5.74) is 8.32. The van der Waals surface area contributed by atoms with E-state index in [1.165, 1.54) is 21.3 Å². The van der Waals surface area contributed by atoms with Crippen LogP contribution < -0.4 is 30.2 Å². The fourth-order valence-corrected chi connectivity index (χ4v) is 4.51. The van der Waals surface area contributed by atoms with E-state index < -0.39 is 5.92 Å². The molecule has 8 nitrogen and oxygen atoms in total. The molecule has 4 rings (SSSR count). The molecule has 1 aromatic heterocycles. The molecule has 0 saturated carbocycles. The van der Waals surface area contributed by atoms with E-state index in [2.05, 4.69) is 6.07 Å². The van der Waals surface area contributed by atoms with Gasteiger partial charge in [0, 0.05) is 16.8 Å². The van der Waals surface area contributed by atoms with Crippen molar-refractivity contribution in [2.45, 2.75) is 19.4 Å². The van der Waals surface area contributed by atoms with Crippen LogP contribution in [0.3, 0.4) is 0 Å². The highest BCUT2D eigenvalue weighted by molar-refractivity contribution is 6.30. The Morgan fingerprint density at radius 2 is 1.80 bits per heavy atom. The van der Waals surface area contributed by atoms with Gasteiger partial charge in [-0.05, 0) is 42.3 Å². The summed E-state index contributed by atoms with van der Waals surface area (Å²) in [6.07, 6.45) is 0. The van der Waals surface area contributed by atoms with Crippen LogP contribution in [0.15, 0.2) is 58.7 Å². The highest BCUT2D eigenvalue weighted by Gasteiger charge is 2.34. The molecule has 2 heterocycles. The van der Waals surface area contributed by atoms with E-state index in [9.17, 15) is 10.1 Å². The normalized spacial score (nSPS) is 14.6. The number of ether oxygens (including phenoxy) is 4. The van der Waals surface area contributed by atoms with Crippen LogP contribution in [0.2, 0.25) is 5.02 Å². The molecular weight excluding hydrogens is 470 g/mol. The van der Waals surface area contributed by atoms with Crippen molar-refractivity contribution in [3.05, 3.63) is 91.7 Å². The number of nitrogens with two attached hydrogens (primary N) is 1. The van der Waals surface area contributed by atoms with Gasteiger partial charge in [-0.15, -0.1) is 0 Å². The van der Waals surface area contributed by atoms with Gasteiger partial charge in [-0.3, -0.25) is 4.79 Å². The number of halogens is 1. The summed E-state index contributed by atoms with van der Waals surface area (Å²) < 4.78 is 23.6. The molecule has 0 aliphatic carbocycles. The molecule has 1 atom stereocenters.